The van der Waals surface area contributed by atoms with Crippen LogP contribution in [0.1, 0.15) is 0 Å². The first kappa shape index (κ1) is 13.5. The van der Waals surface area contributed by atoms with E-state index >= 15 is 0 Å². The molecule has 5 nitrogen and oxygen atoms in total. The average molecular weight is 281 g/mol. The highest BCUT2D eigenvalue weighted by atomic mass is 32.2. The summed E-state index contributed by atoms with van der Waals surface area (Å²) >= 11 is 1.12. The number of carbonyl (C=O) groups excluding carboxylic acids is 1. The SMILES string of the molecule is CN(C)C(=O)CSc1nnc(-c2ccccc2F)o1. The predicted molar refractivity (Wildman–Crippen MR) is 69.1 cm³/mol. The van der Waals surface area contributed by atoms with E-state index in [9.17, 15) is 9.18 Å². The fraction of sp³-hybridized carbons (Fsp3) is 0.250. The second-order valence-electron chi connectivity index (χ2n) is 3.93. The van der Waals surface area contributed by atoms with Crippen molar-refractivity contribution < 1.29 is 13.6 Å². The van der Waals surface area contributed by atoms with Crippen molar-refractivity contribution in [1.82, 2.24) is 15.1 Å². The van der Waals surface area contributed by atoms with Crippen molar-refractivity contribution in [3.8, 4) is 11.5 Å². The van der Waals surface area contributed by atoms with Gasteiger partial charge < -0.3 is 9.32 Å². The number of halogens is 1. The standard InChI is InChI=1S/C12H12FN3O2S/c1-16(2)10(17)7-19-12-15-14-11(18-12)8-5-3-4-6-9(8)13/h3-6H,7H2,1-2H3. The van der Waals surface area contributed by atoms with E-state index in [0.717, 1.165) is 11.8 Å². The van der Waals surface area contributed by atoms with Gasteiger partial charge in [-0.2, -0.15) is 0 Å². The lowest BCUT2D eigenvalue weighted by molar-refractivity contribution is -0.125. The highest BCUT2D eigenvalue weighted by molar-refractivity contribution is 7.99. The molecular formula is C12H12FN3O2S. The predicted octanol–water partition coefficient (Wildman–Crippen LogP) is 2.06. The average Bonchev–Trinajstić information content (AvgIpc) is 2.85. The van der Waals surface area contributed by atoms with Crippen LogP contribution < -0.4 is 0 Å². The van der Waals surface area contributed by atoms with Crippen LogP contribution >= 0.6 is 11.8 Å². The molecule has 0 spiro atoms. The van der Waals surface area contributed by atoms with Gasteiger partial charge in [0.1, 0.15) is 5.82 Å². The summed E-state index contributed by atoms with van der Waals surface area (Å²) in [7, 11) is 3.34. The summed E-state index contributed by atoms with van der Waals surface area (Å²) in [4.78, 5) is 12.9. The summed E-state index contributed by atoms with van der Waals surface area (Å²) in [6, 6.07) is 6.15. The lowest BCUT2D eigenvalue weighted by Crippen LogP contribution is -2.23. The van der Waals surface area contributed by atoms with Gasteiger partial charge in [-0.1, -0.05) is 23.9 Å². The van der Waals surface area contributed by atoms with Crippen LogP contribution in [-0.2, 0) is 4.79 Å². The van der Waals surface area contributed by atoms with Crippen LogP contribution in [-0.4, -0.2) is 40.9 Å². The second kappa shape index (κ2) is 5.83. The summed E-state index contributed by atoms with van der Waals surface area (Å²) in [5.41, 5.74) is 0.251. The van der Waals surface area contributed by atoms with Gasteiger partial charge in [0.05, 0.1) is 11.3 Å². The number of benzene rings is 1. The van der Waals surface area contributed by atoms with Crippen LogP contribution in [0, 0.1) is 5.82 Å². The molecule has 0 aliphatic heterocycles. The molecule has 1 aromatic heterocycles. The Morgan fingerprint density at radius 2 is 2.11 bits per heavy atom. The van der Waals surface area contributed by atoms with Crippen molar-refractivity contribution in [2.45, 2.75) is 5.22 Å². The number of amides is 1. The van der Waals surface area contributed by atoms with Crippen LogP contribution in [0.3, 0.4) is 0 Å². The number of nitrogens with zero attached hydrogens (tertiary/aromatic N) is 3. The van der Waals surface area contributed by atoms with Crippen LogP contribution in [0.5, 0.6) is 0 Å². The maximum Gasteiger partial charge on any atom is 0.277 e. The first-order chi connectivity index (χ1) is 9.08. The fourth-order valence-corrected chi connectivity index (χ4v) is 2.01. The van der Waals surface area contributed by atoms with Gasteiger partial charge in [0, 0.05) is 14.1 Å². The quantitative estimate of drug-likeness (QED) is 0.803. The number of rotatable bonds is 4. The molecule has 0 saturated heterocycles. The van der Waals surface area contributed by atoms with Crippen molar-refractivity contribution in [3.63, 3.8) is 0 Å². The Bertz CT molecular complexity index is 586. The summed E-state index contributed by atoms with van der Waals surface area (Å²) < 4.78 is 18.8. The number of hydrogen-bond donors (Lipinski definition) is 0. The maximum atomic E-state index is 13.5. The first-order valence-electron chi connectivity index (χ1n) is 5.49. The lowest BCUT2D eigenvalue weighted by atomic mass is 10.2. The Kier molecular flexibility index (Phi) is 4.16. The van der Waals surface area contributed by atoms with E-state index in [2.05, 4.69) is 10.2 Å². The van der Waals surface area contributed by atoms with E-state index in [4.69, 9.17) is 4.42 Å². The molecule has 0 aliphatic carbocycles. The molecule has 2 rings (SSSR count). The zero-order chi connectivity index (χ0) is 13.8. The Labute approximate surface area is 113 Å². The van der Waals surface area contributed by atoms with E-state index in [-0.39, 0.29) is 28.3 Å². The molecule has 0 fully saturated rings. The fourth-order valence-electron chi connectivity index (χ4n) is 1.26. The van der Waals surface area contributed by atoms with E-state index in [0.29, 0.717) is 0 Å². The summed E-state index contributed by atoms with van der Waals surface area (Å²) in [5, 5.41) is 7.79. The Morgan fingerprint density at radius 1 is 1.37 bits per heavy atom. The van der Waals surface area contributed by atoms with Crippen LogP contribution in [0.4, 0.5) is 4.39 Å². The van der Waals surface area contributed by atoms with E-state index in [1.54, 1.807) is 32.3 Å². The molecule has 0 radical (unpaired) electrons. The van der Waals surface area contributed by atoms with Gasteiger partial charge in [0.25, 0.3) is 11.1 Å². The van der Waals surface area contributed by atoms with Crippen LogP contribution in [0.2, 0.25) is 0 Å². The molecule has 1 heterocycles. The summed E-state index contributed by atoms with van der Waals surface area (Å²) in [5.74, 6) is -0.174. The van der Waals surface area contributed by atoms with E-state index in [1.165, 1.54) is 11.0 Å². The van der Waals surface area contributed by atoms with Crippen molar-refractivity contribution in [3.05, 3.63) is 30.1 Å². The Hall–Kier alpha value is -1.89. The molecule has 0 unspecified atom stereocenters. The van der Waals surface area contributed by atoms with Crippen molar-refractivity contribution in [2.75, 3.05) is 19.8 Å². The molecule has 1 amide bonds. The zero-order valence-corrected chi connectivity index (χ0v) is 11.3. The van der Waals surface area contributed by atoms with Crippen molar-refractivity contribution >= 4 is 17.7 Å². The number of thioether (sulfide) groups is 1. The molecule has 1 aromatic carbocycles. The monoisotopic (exact) mass is 281 g/mol. The third-order valence-corrected chi connectivity index (χ3v) is 3.13. The molecular weight excluding hydrogens is 269 g/mol. The van der Waals surface area contributed by atoms with Gasteiger partial charge in [-0.15, -0.1) is 10.2 Å². The van der Waals surface area contributed by atoms with Gasteiger partial charge in [-0.3, -0.25) is 4.79 Å². The van der Waals surface area contributed by atoms with Crippen molar-refractivity contribution in [2.24, 2.45) is 0 Å². The van der Waals surface area contributed by atoms with Crippen molar-refractivity contribution in [1.29, 1.82) is 0 Å². The molecule has 0 saturated carbocycles. The van der Waals surface area contributed by atoms with Gasteiger partial charge in [-0.25, -0.2) is 4.39 Å². The molecule has 2 aromatic rings. The highest BCUT2D eigenvalue weighted by Gasteiger charge is 2.14. The Balaban J connectivity index is 2.08. The smallest absolute Gasteiger partial charge is 0.277 e. The molecule has 100 valence electrons. The minimum absolute atomic E-state index is 0.0596. The topological polar surface area (TPSA) is 59.2 Å². The number of carbonyl (C=O) groups is 1. The highest BCUT2D eigenvalue weighted by Crippen LogP contribution is 2.24. The molecule has 7 heteroatoms. The molecule has 19 heavy (non-hydrogen) atoms. The molecule has 0 N–H and O–H groups in total. The maximum absolute atomic E-state index is 13.5. The largest absolute Gasteiger partial charge is 0.411 e. The van der Waals surface area contributed by atoms with Gasteiger partial charge in [-0.05, 0) is 12.1 Å². The summed E-state index contributed by atoms with van der Waals surface area (Å²) in [6.07, 6.45) is 0. The lowest BCUT2D eigenvalue weighted by Gasteiger charge is -2.07. The molecule has 0 bridgehead atoms. The second-order valence-corrected chi connectivity index (χ2v) is 4.86. The third kappa shape index (κ3) is 3.31. The third-order valence-electron chi connectivity index (χ3n) is 2.33. The molecule has 0 aliphatic rings. The number of hydrogen-bond acceptors (Lipinski definition) is 5. The van der Waals surface area contributed by atoms with Gasteiger partial charge in [0.2, 0.25) is 5.91 Å². The normalized spacial score (nSPS) is 10.5. The minimum atomic E-state index is -0.424. The van der Waals surface area contributed by atoms with Gasteiger partial charge >= 0.3 is 0 Å². The zero-order valence-electron chi connectivity index (χ0n) is 10.5. The summed E-state index contributed by atoms with van der Waals surface area (Å²) in [6.45, 7) is 0. The number of aromatic nitrogens is 2. The van der Waals surface area contributed by atoms with E-state index < -0.39 is 5.82 Å². The van der Waals surface area contributed by atoms with Crippen LogP contribution in [0.15, 0.2) is 33.9 Å². The Morgan fingerprint density at radius 3 is 2.79 bits per heavy atom. The molecule has 0 atom stereocenters. The van der Waals surface area contributed by atoms with E-state index in [1.807, 2.05) is 0 Å². The van der Waals surface area contributed by atoms with Gasteiger partial charge in [0.15, 0.2) is 0 Å². The minimum Gasteiger partial charge on any atom is -0.411 e. The van der Waals surface area contributed by atoms with Crippen LogP contribution in [0.25, 0.3) is 11.5 Å². The first-order valence-corrected chi connectivity index (χ1v) is 6.48.